The third kappa shape index (κ3) is 9.97. The van der Waals surface area contributed by atoms with E-state index in [-0.39, 0.29) is 35.1 Å². The van der Waals surface area contributed by atoms with Crippen molar-refractivity contribution in [2.45, 2.75) is 26.1 Å². The summed E-state index contributed by atoms with van der Waals surface area (Å²) in [4.78, 5) is 19.9. The van der Waals surface area contributed by atoms with Crippen molar-refractivity contribution in [3.8, 4) is 5.75 Å². The van der Waals surface area contributed by atoms with Crippen molar-refractivity contribution in [1.29, 1.82) is 0 Å². The third-order valence-corrected chi connectivity index (χ3v) is 12.5. The van der Waals surface area contributed by atoms with E-state index < -0.39 is 110 Å². The Balaban J connectivity index is 1.31. The normalized spacial score (nSPS) is 12.5. The smallest absolute Gasteiger partial charge is 0.297 e. The van der Waals surface area contributed by atoms with E-state index in [0.717, 1.165) is 42.5 Å². The number of hydrogen-bond acceptors (Lipinski definition) is 21. The lowest BCUT2D eigenvalue weighted by Gasteiger charge is -2.15. The molecule has 0 unspecified atom stereocenters. The van der Waals surface area contributed by atoms with Gasteiger partial charge in [0.25, 0.3) is 40.5 Å². The second-order valence-electron chi connectivity index (χ2n) is 12.8. The number of azo groups is 1. The number of phenolic OH excluding ortho intramolecular Hbond substituents is 1. The fraction of sp³-hybridized carbons (Fsp3) is 0.0303. The minimum absolute atomic E-state index is 0.104. The van der Waals surface area contributed by atoms with Crippen molar-refractivity contribution in [2.75, 3.05) is 21.7 Å². The molecule has 2 heterocycles. The van der Waals surface area contributed by atoms with E-state index in [0.29, 0.717) is 17.3 Å². The number of phenols is 1. The zero-order valence-electron chi connectivity index (χ0n) is 31.2. The van der Waals surface area contributed by atoms with Crippen LogP contribution in [0.15, 0.2) is 103 Å². The predicted molar refractivity (Wildman–Crippen MR) is 227 cm³/mol. The number of aromatic nitrogens is 6. The molecule has 0 amide bonds. The van der Waals surface area contributed by atoms with Crippen molar-refractivity contribution in [3.63, 3.8) is 0 Å². The van der Waals surface area contributed by atoms with Crippen LogP contribution in [0.25, 0.3) is 21.5 Å². The molecule has 0 atom stereocenters. The molecule has 2 aromatic heterocycles. The fourth-order valence-corrected chi connectivity index (χ4v) is 9.13. The van der Waals surface area contributed by atoms with Gasteiger partial charge < -0.3 is 26.8 Å². The van der Waals surface area contributed by atoms with Gasteiger partial charge in [-0.25, -0.2) is 0 Å². The summed E-state index contributed by atoms with van der Waals surface area (Å²) in [5.74, 6) is -1.79. The van der Waals surface area contributed by atoms with E-state index in [1.807, 2.05) is 0 Å². The Bertz CT molecular complexity index is 3570. The van der Waals surface area contributed by atoms with E-state index in [9.17, 15) is 57.0 Å². The molecule has 0 aliphatic heterocycles. The summed E-state index contributed by atoms with van der Waals surface area (Å²) >= 11 is 12.1. The Morgan fingerprint density at radius 2 is 1.28 bits per heavy atom. The van der Waals surface area contributed by atoms with Gasteiger partial charge in [-0.05, 0) is 76.6 Å². The molecule has 0 aliphatic carbocycles. The molecule has 10 N–H and O–H groups in total. The molecule has 5 aromatic carbocycles. The van der Waals surface area contributed by atoms with Crippen molar-refractivity contribution in [2.24, 2.45) is 10.2 Å². The van der Waals surface area contributed by atoms with Gasteiger partial charge >= 0.3 is 0 Å². The lowest BCUT2D eigenvalue weighted by molar-refractivity contribution is 0.472. The molecule has 25 nitrogen and oxygen atoms in total. The number of anilines is 6. The number of nitrogens with zero attached hydrogens (tertiary/aromatic N) is 8. The number of nitrogens with one attached hydrogen (secondary N) is 3. The summed E-state index contributed by atoms with van der Waals surface area (Å²) in [6.45, 7) is 0.184. The zero-order chi connectivity index (χ0) is 46.5. The third-order valence-electron chi connectivity index (χ3n) is 8.56. The Kier molecular flexibility index (Phi) is 12.0. The number of nitrogen functional groups attached to an aromatic ring is 1. The molecular formula is C33H24Cl2N12O13S4. The number of benzene rings is 5. The molecule has 0 saturated carbocycles. The van der Waals surface area contributed by atoms with Crippen molar-refractivity contribution in [1.82, 2.24) is 29.9 Å². The summed E-state index contributed by atoms with van der Waals surface area (Å²) in [6.07, 6.45) is 0. The minimum atomic E-state index is -5.42. The molecule has 31 heteroatoms. The van der Waals surface area contributed by atoms with Crippen LogP contribution in [0.5, 0.6) is 5.75 Å². The molecule has 0 saturated heterocycles. The maximum absolute atomic E-state index is 12.7. The first kappa shape index (κ1) is 45.5. The zero-order valence-corrected chi connectivity index (χ0v) is 36.0. The average Bonchev–Trinajstić information content (AvgIpc) is 3.17. The molecule has 64 heavy (non-hydrogen) atoms. The molecule has 0 radical (unpaired) electrons. The lowest BCUT2D eigenvalue weighted by atomic mass is 10.1. The maximum atomic E-state index is 12.7. The molecule has 0 spiro atoms. The Morgan fingerprint density at radius 1 is 0.625 bits per heavy atom. The highest BCUT2D eigenvalue weighted by atomic mass is 35.5. The largest absolute Gasteiger partial charge is 0.505 e. The van der Waals surface area contributed by atoms with Gasteiger partial charge in [-0.15, -0.1) is 10.2 Å². The minimum Gasteiger partial charge on any atom is -0.505 e. The topological polar surface area (TPSA) is 402 Å². The molecule has 7 aromatic rings. The van der Waals surface area contributed by atoms with Crippen LogP contribution in [0.2, 0.25) is 10.6 Å². The summed E-state index contributed by atoms with van der Waals surface area (Å²) in [6, 6.07) is 13.7. The van der Waals surface area contributed by atoms with Crippen LogP contribution in [-0.2, 0) is 47.0 Å². The van der Waals surface area contributed by atoms with Gasteiger partial charge in [-0.3, -0.25) is 18.2 Å². The van der Waals surface area contributed by atoms with Crippen LogP contribution in [-0.4, -0.2) is 86.9 Å². The maximum Gasteiger partial charge on any atom is 0.297 e. The van der Waals surface area contributed by atoms with Crippen LogP contribution >= 0.6 is 23.2 Å². The summed E-state index contributed by atoms with van der Waals surface area (Å²) < 4.78 is 140. The second kappa shape index (κ2) is 16.9. The highest BCUT2D eigenvalue weighted by molar-refractivity contribution is 7.87. The fourth-order valence-electron chi connectivity index (χ4n) is 6.07. The predicted octanol–water partition coefficient (Wildman–Crippen LogP) is 5.46. The highest BCUT2D eigenvalue weighted by Crippen LogP contribution is 2.46. The van der Waals surface area contributed by atoms with E-state index >= 15 is 0 Å². The first-order valence-corrected chi connectivity index (χ1v) is 23.5. The number of hydrogen-bond donors (Lipinski definition) is 9. The standard InChI is InChI=1S/C33H24Cl2N12O13S4/c34-28-40-30(36)44-31(41-28)37-13-14-3-1-4-16(9-14)38-32-42-29(35)43-33(45-32)39-21-12-17(61(49,50)51)10-15-11-23(63(55,56)57)25(26(48)24(15)21)47-46-20-8-7-18-19(27(20)64(58,59)60)5-2-6-22(18)62(52,53)54/h1-12,48H,13H2,(H,49,50,51)(H,52,53,54)(H,55,56,57)(H,58,59,60)(H3,36,37,40,41,44)(H2,38,39,42,43,45)/b47-46+. The van der Waals surface area contributed by atoms with Crippen LogP contribution in [0.4, 0.5) is 46.5 Å². The van der Waals surface area contributed by atoms with Crippen molar-refractivity contribution < 1.29 is 57.0 Å². The first-order chi connectivity index (χ1) is 29.8. The summed E-state index contributed by atoms with van der Waals surface area (Å²) in [5, 5.41) is 25.1. The van der Waals surface area contributed by atoms with Gasteiger partial charge in [0.05, 0.1) is 10.6 Å². The summed E-state index contributed by atoms with van der Waals surface area (Å²) in [5.41, 5.74) is 4.39. The summed E-state index contributed by atoms with van der Waals surface area (Å²) in [7, 11) is -20.8. The van der Waals surface area contributed by atoms with E-state index in [1.165, 1.54) is 0 Å². The van der Waals surface area contributed by atoms with Crippen LogP contribution in [0, 0.1) is 0 Å². The van der Waals surface area contributed by atoms with Gasteiger partial charge in [0.2, 0.25) is 34.4 Å². The van der Waals surface area contributed by atoms with E-state index in [4.69, 9.17) is 28.9 Å². The van der Waals surface area contributed by atoms with Gasteiger partial charge in [-0.1, -0.05) is 30.3 Å². The first-order valence-electron chi connectivity index (χ1n) is 17.0. The van der Waals surface area contributed by atoms with Crippen LogP contribution in [0.3, 0.4) is 0 Å². The number of aromatic hydroxyl groups is 1. The SMILES string of the molecule is Nc1nc(Cl)nc(NCc2cccc(Nc3nc(Cl)nc(Nc4cc(S(=O)(=O)O)cc5cc(S(=O)(=O)O)c(/N=N/c6ccc7c(S(=O)(=O)O)cccc7c6S(=O)(=O)O)c(O)c45)n3)c2)n1. The van der Waals surface area contributed by atoms with Gasteiger partial charge in [0, 0.05) is 28.4 Å². The quantitative estimate of drug-likeness (QED) is 0.0511. The van der Waals surface area contributed by atoms with Gasteiger partial charge in [-0.2, -0.15) is 63.6 Å². The van der Waals surface area contributed by atoms with Crippen LogP contribution in [0.1, 0.15) is 5.56 Å². The number of nitrogens with two attached hydrogens (primary N) is 1. The molecule has 0 bridgehead atoms. The monoisotopic (exact) mass is 994 g/mol. The Labute approximate surface area is 369 Å². The van der Waals surface area contributed by atoms with E-state index in [1.54, 1.807) is 24.3 Å². The van der Waals surface area contributed by atoms with Gasteiger partial charge in [0.1, 0.15) is 26.1 Å². The van der Waals surface area contributed by atoms with E-state index in [2.05, 4.69) is 56.1 Å². The molecular weight excluding hydrogens is 972 g/mol. The number of fused-ring (bicyclic) bond motifs is 2. The van der Waals surface area contributed by atoms with Gasteiger partial charge in [0.15, 0.2) is 5.75 Å². The highest BCUT2D eigenvalue weighted by Gasteiger charge is 2.28. The second-order valence-corrected chi connectivity index (χ2v) is 19.1. The Hall–Kier alpha value is -6.54. The molecule has 7 rings (SSSR count). The molecule has 0 fully saturated rings. The molecule has 0 aliphatic rings. The van der Waals surface area contributed by atoms with Crippen molar-refractivity contribution >= 4 is 132 Å². The van der Waals surface area contributed by atoms with Crippen molar-refractivity contribution in [3.05, 3.63) is 88.9 Å². The number of halogens is 2. The molecule has 332 valence electrons. The average molecular weight is 996 g/mol. The lowest BCUT2D eigenvalue weighted by Crippen LogP contribution is -2.08. The van der Waals surface area contributed by atoms with Crippen LogP contribution < -0.4 is 21.7 Å². The Morgan fingerprint density at radius 3 is 1.94 bits per heavy atom. The number of rotatable bonds is 13.